The highest BCUT2D eigenvalue weighted by molar-refractivity contribution is 7.07. The largest absolute Gasteiger partial charge is 0.507 e. The van der Waals surface area contributed by atoms with Gasteiger partial charge in [0.15, 0.2) is 0 Å². The molecule has 0 unspecified atom stereocenters. The Bertz CT molecular complexity index is 426. The van der Waals surface area contributed by atoms with Gasteiger partial charge in [0, 0.05) is 5.38 Å². The van der Waals surface area contributed by atoms with Crippen molar-refractivity contribution in [1.29, 1.82) is 0 Å². The van der Waals surface area contributed by atoms with Crippen molar-refractivity contribution in [3.05, 3.63) is 29.1 Å². The van der Waals surface area contributed by atoms with Gasteiger partial charge in [-0.05, 0) is 18.2 Å². The SMILES string of the molecule is COc1c[c]cc(O)c1-c1cscn1. The van der Waals surface area contributed by atoms with E-state index in [4.69, 9.17) is 4.74 Å². The molecule has 14 heavy (non-hydrogen) atoms. The number of aromatic nitrogens is 1. The van der Waals surface area contributed by atoms with Gasteiger partial charge in [-0.3, -0.25) is 0 Å². The number of methoxy groups -OCH3 is 1. The third-order valence-electron chi connectivity index (χ3n) is 1.85. The minimum Gasteiger partial charge on any atom is -0.507 e. The van der Waals surface area contributed by atoms with Crippen LogP contribution in [0.3, 0.4) is 0 Å². The summed E-state index contributed by atoms with van der Waals surface area (Å²) < 4.78 is 5.12. The van der Waals surface area contributed by atoms with Crippen molar-refractivity contribution in [3.8, 4) is 22.8 Å². The molecular formula is C10H8NO2S. The number of rotatable bonds is 2. The van der Waals surface area contributed by atoms with Gasteiger partial charge in [0.25, 0.3) is 0 Å². The van der Waals surface area contributed by atoms with E-state index in [1.54, 1.807) is 18.7 Å². The summed E-state index contributed by atoms with van der Waals surface area (Å²) in [4.78, 5) is 4.12. The second-order valence-corrected chi connectivity index (χ2v) is 3.38. The summed E-state index contributed by atoms with van der Waals surface area (Å²) in [5, 5.41) is 11.5. The highest BCUT2D eigenvalue weighted by atomic mass is 32.1. The Morgan fingerprint density at radius 1 is 1.50 bits per heavy atom. The summed E-state index contributed by atoms with van der Waals surface area (Å²) in [5.74, 6) is 0.714. The van der Waals surface area contributed by atoms with Crippen LogP contribution in [-0.4, -0.2) is 17.2 Å². The first-order chi connectivity index (χ1) is 6.83. The molecule has 1 aromatic heterocycles. The highest BCUT2D eigenvalue weighted by Crippen LogP contribution is 2.36. The van der Waals surface area contributed by atoms with Gasteiger partial charge in [-0.25, -0.2) is 4.98 Å². The van der Waals surface area contributed by atoms with E-state index in [9.17, 15) is 5.11 Å². The number of thiazole rings is 1. The average molecular weight is 206 g/mol. The molecule has 0 spiro atoms. The van der Waals surface area contributed by atoms with Crippen molar-refractivity contribution in [3.63, 3.8) is 0 Å². The number of benzene rings is 1. The Kier molecular flexibility index (Phi) is 2.37. The molecule has 0 amide bonds. The Morgan fingerprint density at radius 2 is 2.36 bits per heavy atom. The summed E-state index contributed by atoms with van der Waals surface area (Å²) in [6, 6.07) is 5.96. The standard InChI is InChI=1S/C10H8NO2S/c1-13-9-4-2-3-8(12)10(9)7-5-14-6-11-7/h3-6,12H,1H3. The number of nitrogens with zero attached hydrogens (tertiary/aromatic N) is 1. The summed E-state index contributed by atoms with van der Waals surface area (Å²) in [5.41, 5.74) is 3.05. The molecule has 0 bridgehead atoms. The molecule has 0 aliphatic rings. The lowest BCUT2D eigenvalue weighted by Crippen LogP contribution is -1.88. The van der Waals surface area contributed by atoms with Gasteiger partial charge < -0.3 is 9.84 Å². The second kappa shape index (κ2) is 3.67. The normalized spacial score (nSPS) is 10.1. The van der Waals surface area contributed by atoms with Crippen molar-refractivity contribution >= 4 is 11.3 Å². The average Bonchev–Trinajstić information content (AvgIpc) is 2.70. The first-order valence-corrected chi connectivity index (χ1v) is 4.93. The number of hydrogen-bond donors (Lipinski definition) is 1. The molecule has 4 heteroatoms. The maximum Gasteiger partial charge on any atom is 0.132 e. The minimum absolute atomic E-state index is 0.134. The van der Waals surface area contributed by atoms with Crippen molar-refractivity contribution in [2.75, 3.05) is 7.11 Å². The van der Waals surface area contributed by atoms with Crippen LogP contribution < -0.4 is 4.74 Å². The van der Waals surface area contributed by atoms with E-state index in [-0.39, 0.29) is 5.75 Å². The molecule has 2 aromatic rings. The molecule has 2 rings (SSSR count). The summed E-state index contributed by atoms with van der Waals surface area (Å²) in [6.07, 6.45) is 0. The van der Waals surface area contributed by atoms with Crippen molar-refractivity contribution in [1.82, 2.24) is 4.98 Å². The zero-order valence-electron chi connectivity index (χ0n) is 7.52. The van der Waals surface area contributed by atoms with Gasteiger partial charge in [-0.1, -0.05) is 0 Å². The van der Waals surface area contributed by atoms with E-state index in [0.29, 0.717) is 11.3 Å². The molecule has 0 aliphatic heterocycles. The molecule has 1 radical (unpaired) electrons. The van der Waals surface area contributed by atoms with Crippen LogP contribution in [0.15, 0.2) is 23.0 Å². The van der Waals surface area contributed by atoms with Crippen LogP contribution in [0.2, 0.25) is 0 Å². The number of ether oxygens (including phenoxy) is 1. The Morgan fingerprint density at radius 3 is 3.00 bits per heavy atom. The highest BCUT2D eigenvalue weighted by Gasteiger charge is 2.11. The van der Waals surface area contributed by atoms with Crippen molar-refractivity contribution in [2.24, 2.45) is 0 Å². The lowest BCUT2D eigenvalue weighted by molar-refractivity contribution is 0.410. The van der Waals surface area contributed by atoms with Crippen LogP contribution in [0.4, 0.5) is 0 Å². The number of phenols is 1. The van der Waals surface area contributed by atoms with Gasteiger partial charge >= 0.3 is 0 Å². The maximum absolute atomic E-state index is 9.65. The van der Waals surface area contributed by atoms with Crippen LogP contribution in [0, 0.1) is 6.07 Å². The Labute approximate surface area is 85.6 Å². The number of hydrogen-bond acceptors (Lipinski definition) is 4. The predicted octanol–water partition coefficient (Wildman–Crippen LogP) is 2.32. The Balaban J connectivity index is 2.61. The van der Waals surface area contributed by atoms with Crippen LogP contribution in [0.1, 0.15) is 0 Å². The van der Waals surface area contributed by atoms with Crippen LogP contribution in [0.5, 0.6) is 11.5 Å². The topological polar surface area (TPSA) is 42.4 Å². The Hall–Kier alpha value is -1.55. The summed E-state index contributed by atoms with van der Waals surface area (Å²) in [7, 11) is 1.55. The fraction of sp³-hybridized carbons (Fsp3) is 0.100. The molecule has 0 fully saturated rings. The molecular weight excluding hydrogens is 198 g/mol. The lowest BCUT2D eigenvalue weighted by Gasteiger charge is -2.07. The van der Waals surface area contributed by atoms with E-state index in [1.165, 1.54) is 17.4 Å². The molecule has 0 saturated carbocycles. The second-order valence-electron chi connectivity index (χ2n) is 2.66. The van der Waals surface area contributed by atoms with E-state index in [0.717, 1.165) is 5.69 Å². The van der Waals surface area contributed by atoms with E-state index in [1.807, 2.05) is 5.38 Å². The fourth-order valence-electron chi connectivity index (χ4n) is 1.22. The lowest BCUT2D eigenvalue weighted by atomic mass is 10.1. The minimum atomic E-state index is 0.134. The monoisotopic (exact) mass is 206 g/mol. The van der Waals surface area contributed by atoms with Gasteiger partial charge in [0.1, 0.15) is 11.5 Å². The van der Waals surface area contributed by atoms with Crippen molar-refractivity contribution < 1.29 is 9.84 Å². The third-order valence-corrected chi connectivity index (χ3v) is 2.43. The van der Waals surface area contributed by atoms with Gasteiger partial charge in [-0.2, -0.15) is 0 Å². The maximum atomic E-state index is 9.65. The first kappa shape index (κ1) is 9.02. The molecule has 1 aromatic carbocycles. The van der Waals surface area contributed by atoms with Gasteiger partial charge in [0.2, 0.25) is 0 Å². The summed E-state index contributed by atoms with van der Waals surface area (Å²) in [6.45, 7) is 0. The fourth-order valence-corrected chi connectivity index (χ4v) is 1.76. The molecule has 1 N–H and O–H groups in total. The predicted molar refractivity (Wildman–Crippen MR) is 54.6 cm³/mol. The van der Waals surface area contributed by atoms with E-state index >= 15 is 0 Å². The summed E-state index contributed by atoms with van der Waals surface area (Å²) >= 11 is 1.47. The van der Waals surface area contributed by atoms with E-state index in [2.05, 4.69) is 11.1 Å². The zero-order valence-corrected chi connectivity index (χ0v) is 8.34. The third kappa shape index (κ3) is 1.44. The molecule has 1 heterocycles. The van der Waals surface area contributed by atoms with Crippen LogP contribution >= 0.6 is 11.3 Å². The molecule has 0 saturated heterocycles. The smallest absolute Gasteiger partial charge is 0.132 e. The quantitative estimate of drug-likeness (QED) is 0.820. The molecule has 0 atom stereocenters. The van der Waals surface area contributed by atoms with Crippen LogP contribution in [0.25, 0.3) is 11.3 Å². The van der Waals surface area contributed by atoms with Crippen molar-refractivity contribution in [2.45, 2.75) is 0 Å². The van der Waals surface area contributed by atoms with Gasteiger partial charge in [0.05, 0.1) is 23.9 Å². The van der Waals surface area contributed by atoms with E-state index < -0.39 is 0 Å². The number of aromatic hydroxyl groups is 1. The van der Waals surface area contributed by atoms with Gasteiger partial charge in [-0.15, -0.1) is 11.3 Å². The molecule has 3 nitrogen and oxygen atoms in total. The molecule has 71 valence electrons. The zero-order chi connectivity index (χ0) is 9.97. The molecule has 0 aliphatic carbocycles. The number of phenolic OH excluding ortho intramolecular Hbond substituents is 1. The van der Waals surface area contributed by atoms with Crippen LogP contribution in [-0.2, 0) is 0 Å². The first-order valence-electron chi connectivity index (χ1n) is 3.98.